The first-order valence-corrected chi connectivity index (χ1v) is 14.9. The summed E-state index contributed by atoms with van der Waals surface area (Å²) < 4.78 is 30.2. The van der Waals surface area contributed by atoms with E-state index in [2.05, 4.69) is 10.9 Å². The Morgan fingerprint density at radius 1 is 1.15 bits per heavy atom. The Hall–Kier alpha value is -3.15. The van der Waals surface area contributed by atoms with Crippen molar-refractivity contribution in [1.82, 2.24) is 10.9 Å². The van der Waals surface area contributed by atoms with Gasteiger partial charge in [-0.1, -0.05) is 12.1 Å². The number of nitrogens with one attached hydrogen (secondary N) is 2. The quantitative estimate of drug-likeness (QED) is 0.161. The molecule has 0 radical (unpaired) electrons. The lowest BCUT2D eigenvalue weighted by atomic mass is 9.88. The van der Waals surface area contributed by atoms with E-state index in [1.54, 1.807) is 75.9 Å². The minimum atomic E-state index is -1.35. The number of esters is 1. The summed E-state index contributed by atoms with van der Waals surface area (Å²) in [5.41, 5.74) is 5.40. The topological polar surface area (TPSA) is 118 Å². The molecule has 41 heavy (non-hydrogen) atoms. The number of hydrogen-bond acceptors (Lipinski definition) is 9. The smallest absolute Gasteiger partial charge is 0.306 e. The molecule has 0 fully saturated rings. The zero-order chi connectivity index (χ0) is 29.9. The van der Waals surface area contributed by atoms with Gasteiger partial charge in [0, 0.05) is 43.1 Å². The number of amides is 1. The van der Waals surface area contributed by atoms with Crippen LogP contribution in [0.15, 0.2) is 53.5 Å². The third-order valence-electron chi connectivity index (χ3n) is 6.21. The highest BCUT2D eigenvalue weighted by molar-refractivity contribution is 7.98. The van der Waals surface area contributed by atoms with Gasteiger partial charge in [-0.05, 0) is 76.1 Å². The minimum Gasteiger partial charge on any atom is -0.494 e. The standard InChI is InChI=1S/C30H40FN3O6S/c1-21-30(15-14-26(36)40-29(2,3)4,28(37)34-32-16-19-41-20-22-6-10-24(31)11-7-22)33-27(39-21)23-8-12-25(13-9-23)38-18-5-17-35/h6-13,21,32,35H,5,14-20H2,1-4H3,(H,34,37)/t21-,30-/m0/s1. The number of nitrogens with zero attached hydrogens (tertiary/aromatic N) is 1. The van der Waals surface area contributed by atoms with Crippen LogP contribution in [0.3, 0.4) is 0 Å². The molecule has 0 aromatic heterocycles. The van der Waals surface area contributed by atoms with Gasteiger partial charge in [-0.15, -0.1) is 0 Å². The van der Waals surface area contributed by atoms with Gasteiger partial charge in [0.1, 0.15) is 23.3 Å². The fraction of sp³-hybridized carbons (Fsp3) is 0.500. The van der Waals surface area contributed by atoms with E-state index in [1.165, 1.54) is 12.1 Å². The molecule has 1 aliphatic rings. The molecule has 0 saturated carbocycles. The van der Waals surface area contributed by atoms with Crippen LogP contribution in [-0.4, -0.2) is 65.6 Å². The number of aliphatic hydroxyl groups excluding tert-OH is 1. The van der Waals surface area contributed by atoms with E-state index in [4.69, 9.17) is 24.3 Å². The molecule has 0 unspecified atom stereocenters. The lowest BCUT2D eigenvalue weighted by molar-refractivity contribution is -0.155. The van der Waals surface area contributed by atoms with Gasteiger partial charge in [0.05, 0.1) is 6.61 Å². The van der Waals surface area contributed by atoms with Gasteiger partial charge in [0.25, 0.3) is 5.91 Å². The summed E-state index contributed by atoms with van der Waals surface area (Å²) in [6.45, 7) is 8.08. The number of thioether (sulfide) groups is 1. The van der Waals surface area contributed by atoms with Gasteiger partial charge in [-0.3, -0.25) is 15.0 Å². The van der Waals surface area contributed by atoms with Crippen LogP contribution < -0.4 is 15.6 Å². The van der Waals surface area contributed by atoms with Crippen LogP contribution in [0.5, 0.6) is 5.75 Å². The number of hydrogen-bond donors (Lipinski definition) is 3. The van der Waals surface area contributed by atoms with Crippen molar-refractivity contribution in [2.75, 3.05) is 25.5 Å². The second kappa shape index (κ2) is 15.2. The van der Waals surface area contributed by atoms with Crippen LogP contribution in [0.25, 0.3) is 0 Å². The number of benzene rings is 2. The number of carbonyl (C=O) groups excluding carboxylic acids is 2. The van der Waals surface area contributed by atoms with Crippen molar-refractivity contribution in [2.24, 2.45) is 4.99 Å². The Morgan fingerprint density at radius 2 is 1.85 bits per heavy atom. The first-order chi connectivity index (χ1) is 19.5. The monoisotopic (exact) mass is 589 g/mol. The van der Waals surface area contributed by atoms with Gasteiger partial charge in [-0.2, -0.15) is 11.8 Å². The van der Waals surface area contributed by atoms with Crippen LogP contribution in [0.4, 0.5) is 4.39 Å². The molecular formula is C30H40FN3O6S. The number of ether oxygens (including phenoxy) is 3. The predicted molar refractivity (Wildman–Crippen MR) is 157 cm³/mol. The second-order valence-electron chi connectivity index (χ2n) is 10.7. The molecular weight excluding hydrogens is 549 g/mol. The van der Waals surface area contributed by atoms with Gasteiger partial charge < -0.3 is 19.3 Å². The molecule has 11 heteroatoms. The summed E-state index contributed by atoms with van der Waals surface area (Å²) in [6.07, 6.45) is -0.0250. The van der Waals surface area contributed by atoms with E-state index in [-0.39, 0.29) is 25.3 Å². The molecule has 0 saturated heterocycles. The zero-order valence-electron chi connectivity index (χ0n) is 24.1. The summed E-state index contributed by atoms with van der Waals surface area (Å²) in [5.74, 6) is 1.28. The number of carbonyl (C=O) groups is 2. The Balaban J connectivity index is 1.65. The first-order valence-electron chi connectivity index (χ1n) is 13.7. The number of rotatable bonds is 15. The van der Waals surface area contributed by atoms with Crippen molar-refractivity contribution in [3.63, 3.8) is 0 Å². The number of aliphatic imine (C=N–C) groups is 1. The summed E-state index contributed by atoms with van der Waals surface area (Å²) in [7, 11) is 0. The summed E-state index contributed by atoms with van der Waals surface area (Å²) in [4.78, 5) is 30.8. The predicted octanol–water partition coefficient (Wildman–Crippen LogP) is 4.17. The molecule has 0 spiro atoms. The Morgan fingerprint density at radius 3 is 2.51 bits per heavy atom. The van der Waals surface area contributed by atoms with Crippen LogP contribution in [0, 0.1) is 5.82 Å². The van der Waals surface area contributed by atoms with Crippen molar-refractivity contribution in [2.45, 2.75) is 70.0 Å². The van der Waals surface area contributed by atoms with Crippen molar-refractivity contribution < 1.29 is 33.3 Å². The van der Waals surface area contributed by atoms with Gasteiger partial charge in [-0.25, -0.2) is 14.8 Å². The lowest BCUT2D eigenvalue weighted by Gasteiger charge is -2.28. The molecule has 1 aliphatic heterocycles. The van der Waals surface area contributed by atoms with Crippen LogP contribution >= 0.6 is 11.8 Å². The first kappa shape index (κ1) is 32.4. The molecule has 2 atom stereocenters. The van der Waals surface area contributed by atoms with Gasteiger partial charge in [0.15, 0.2) is 5.54 Å². The normalized spacial score (nSPS) is 18.4. The molecule has 0 aliphatic carbocycles. The molecule has 224 valence electrons. The molecule has 9 nitrogen and oxygen atoms in total. The minimum absolute atomic E-state index is 0.0136. The van der Waals surface area contributed by atoms with Crippen molar-refractivity contribution in [1.29, 1.82) is 0 Å². The summed E-state index contributed by atoms with van der Waals surface area (Å²) >= 11 is 1.65. The van der Waals surface area contributed by atoms with Crippen LogP contribution in [0.2, 0.25) is 0 Å². The summed E-state index contributed by atoms with van der Waals surface area (Å²) in [5, 5.41) is 8.94. The van der Waals surface area contributed by atoms with Crippen LogP contribution in [0.1, 0.15) is 58.1 Å². The largest absolute Gasteiger partial charge is 0.494 e. The van der Waals surface area contributed by atoms with E-state index in [9.17, 15) is 14.0 Å². The average Bonchev–Trinajstić information content (AvgIpc) is 3.27. The highest BCUT2D eigenvalue weighted by atomic mass is 32.2. The highest BCUT2D eigenvalue weighted by Crippen LogP contribution is 2.34. The zero-order valence-corrected chi connectivity index (χ0v) is 24.9. The Bertz CT molecular complexity index is 1170. The highest BCUT2D eigenvalue weighted by Gasteiger charge is 2.50. The summed E-state index contributed by atoms with van der Waals surface area (Å²) in [6, 6.07) is 13.5. The molecule has 3 N–H and O–H groups in total. The maximum absolute atomic E-state index is 13.5. The SMILES string of the molecule is C[C@@H]1OC(c2ccc(OCCCO)cc2)=N[C@]1(CCC(=O)OC(C)(C)C)C(=O)NNCCSCc1ccc(F)cc1. The van der Waals surface area contributed by atoms with Crippen molar-refractivity contribution >= 4 is 29.5 Å². The van der Waals surface area contributed by atoms with Crippen molar-refractivity contribution in [3.05, 3.63) is 65.5 Å². The van der Waals surface area contributed by atoms with Crippen LogP contribution in [-0.2, 0) is 24.8 Å². The second-order valence-corrected chi connectivity index (χ2v) is 11.8. The molecule has 0 bridgehead atoms. The fourth-order valence-corrected chi connectivity index (χ4v) is 4.90. The van der Waals surface area contributed by atoms with E-state index < -0.39 is 29.1 Å². The third-order valence-corrected chi connectivity index (χ3v) is 7.24. The number of aliphatic hydroxyl groups is 1. The maximum Gasteiger partial charge on any atom is 0.306 e. The van der Waals surface area contributed by atoms with Gasteiger partial charge in [0.2, 0.25) is 5.90 Å². The molecule has 2 aromatic carbocycles. The lowest BCUT2D eigenvalue weighted by Crippen LogP contribution is -2.55. The Labute approximate surface area is 245 Å². The molecule has 3 rings (SSSR count). The average molecular weight is 590 g/mol. The van der Waals surface area contributed by atoms with Gasteiger partial charge >= 0.3 is 5.97 Å². The van der Waals surface area contributed by atoms with Crippen molar-refractivity contribution in [3.8, 4) is 5.75 Å². The number of hydrazine groups is 1. The Kier molecular flexibility index (Phi) is 12.0. The molecule has 1 heterocycles. The molecule has 1 amide bonds. The molecule has 2 aromatic rings. The maximum atomic E-state index is 13.5. The van der Waals surface area contributed by atoms with E-state index in [0.29, 0.717) is 42.5 Å². The number of halogens is 1. The van der Waals surface area contributed by atoms with E-state index in [1.807, 2.05) is 0 Å². The fourth-order valence-electron chi connectivity index (χ4n) is 4.08. The van der Waals surface area contributed by atoms with E-state index in [0.717, 1.165) is 11.3 Å². The van der Waals surface area contributed by atoms with E-state index >= 15 is 0 Å². The third kappa shape index (κ3) is 10.0.